The molecule has 4 nitrogen and oxygen atoms in total. The molecule has 0 aromatic heterocycles. The van der Waals surface area contributed by atoms with Gasteiger partial charge in [0.15, 0.2) is 0 Å². The summed E-state index contributed by atoms with van der Waals surface area (Å²) in [5.74, 6) is -0.327. The minimum absolute atomic E-state index is 0.0705. The van der Waals surface area contributed by atoms with Gasteiger partial charge in [0.2, 0.25) is 0 Å². The molecule has 1 aliphatic heterocycles. The maximum Gasteiger partial charge on any atom is 0.491 e. The Hall–Kier alpha value is -1.11. The van der Waals surface area contributed by atoms with Crippen molar-refractivity contribution in [2.24, 2.45) is 0 Å². The first kappa shape index (κ1) is 12.4. The summed E-state index contributed by atoms with van der Waals surface area (Å²) in [6.07, 6.45) is 2.05. The van der Waals surface area contributed by atoms with Gasteiger partial charge >= 0.3 is 7.12 Å². The van der Waals surface area contributed by atoms with Crippen molar-refractivity contribution in [1.82, 2.24) is 0 Å². The second-order valence-corrected chi connectivity index (χ2v) is 4.00. The van der Waals surface area contributed by atoms with Crippen molar-refractivity contribution in [2.45, 2.75) is 18.9 Å². The third-order valence-electron chi connectivity index (χ3n) is 2.71. The fourth-order valence-electron chi connectivity index (χ4n) is 1.77. The van der Waals surface area contributed by atoms with E-state index >= 15 is 0 Å². The highest BCUT2D eigenvalue weighted by atomic mass is 19.1. The van der Waals surface area contributed by atoms with E-state index in [4.69, 9.17) is 19.5 Å². The number of hydrogen-bond donors (Lipinski definition) is 2. The Kier molecular flexibility index (Phi) is 3.99. The number of hydrogen-bond acceptors (Lipinski definition) is 4. The van der Waals surface area contributed by atoms with Crippen LogP contribution in [0.15, 0.2) is 18.2 Å². The molecule has 0 saturated carbocycles. The van der Waals surface area contributed by atoms with E-state index in [1.807, 2.05) is 0 Å². The Morgan fingerprint density at radius 3 is 2.88 bits per heavy atom. The average Bonchev–Trinajstić information content (AvgIpc) is 2.78. The van der Waals surface area contributed by atoms with Crippen molar-refractivity contribution < 1.29 is 23.9 Å². The molecule has 2 N–H and O–H groups in total. The summed E-state index contributed by atoms with van der Waals surface area (Å²) < 4.78 is 24.1. The van der Waals surface area contributed by atoms with E-state index in [1.165, 1.54) is 12.1 Å². The SMILES string of the molecule is OB(O)c1ccc(OCC2CCCO2)cc1F. The maximum absolute atomic E-state index is 13.4. The van der Waals surface area contributed by atoms with E-state index in [-0.39, 0.29) is 11.6 Å². The number of ether oxygens (including phenoxy) is 2. The van der Waals surface area contributed by atoms with Crippen LogP contribution < -0.4 is 10.2 Å². The van der Waals surface area contributed by atoms with E-state index in [9.17, 15) is 4.39 Å². The first-order valence-electron chi connectivity index (χ1n) is 5.57. The van der Waals surface area contributed by atoms with Crippen LogP contribution in [0.5, 0.6) is 5.75 Å². The molecule has 0 aliphatic carbocycles. The van der Waals surface area contributed by atoms with E-state index in [1.54, 1.807) is 0 Å². The minimum atomic E-state index is -1.80. The van der Waals surface area contributed by atoms with Gasteiger partial charge in [-0.2, -0.15) is 0 Å². The minimum Gasteiger partial charge on any atom is -0.491 e. The average molecular weight is 240 g/mol. The smallest absolute Gasteiger partial charge is 0.491 e. The fraction of sp³-hybridized carbons (Fsp3) is 0.455. The molecular weight excluding hydrogens is 226 g/mol. The highest BCUT2D eigenvalue weighted by Crippen LogP contribution is 2.16. The third-order valence-corrected chi connectivity index (χ3v) is 2.71. The van der Waals surface area contributed by atoms with Gasteiger partial charge in [-0.3, -0.25) is 0 Å². The zero-order valence-electron chi connectivity index (χ0n) is 9.30. The Labute approximate surface area is 99.1 Å². The molecule has 1 heterocycles. The summed E-state index contributed by atoms with van der Waals surface area (Å²) in [6.45, 7) is 1.14. The highest BCUT2D eigenvalue weighted by molar-refractivity contribution is 6.58. The molecule has 1 atom stereocenters. The van der Waals surface area contributed by atoms with Crippen LogP contribution in [0.25, 0.3) is 0 Å². The van der Waals surface area contributed by atoms with Gasteiger partial charge < -0.3 is 19.5 Å². The lowest BCUT2D eigenvalue weighted by molar-refractivity contribution is 0.0678. The number of halogens is 1. The Morgan fingerprint density at radius 2 is 2.29 bits per heavy atom. The Morgan fingerprint density at radius 1 is 1.47 bits per heavy atom. The molecule has 1 aromatic carbocycles. The normalized spacial score (nSPS) is 19.4. The van der Waals surface area contributed by atoms with Crippen LogP contribution >= 0.6 is 0 Å². The van der Waals surface area contributed by atoms with Crippen molar-refractivity contribution in [1.29, 1.82) is 0 Å². The molecule has 17 heavy (non-hydrogen) atoms. The van der Waals surface area contributed by atoms with E-state index in [0.29, 0.717) is 12.4 Å². The van der Waals surface area contributed by atoms with Crippen LogP contribution in [0, 0.1) is 5.82 Å². The summed E-state index contributed by atoms with van der Waals surface area (Å²) >= 11 is 0. The molecule has 0 spiro atoms. The van der Waals surface area contributed by atoms with E-state index < -0.39 is 12.9 Å². The largest absolute Gasteiger partial charge is 0.491 e. The van der Waals surface area contributed by atoms with Crippen LogP contribution in [-0.4, -0.2) is 36.5 Å². The zero-order valence-corrected chi connectivity index (χ0v) is 9.30. The van der Waals surface area contributed by atoms with Crippen LogP contribution in [0.4, 0.5) is 4.39 Å². The Balaban J connectivity index is 1.94. The molecule has 6 heteroatoms. The van der Waals surface area contributed by atoms with Crippen LogP contribution in [0.1, 0.15) is 12.8 Å². The van der Waals surface area contributed by atoms with Crippen LogP contribution in [-0.2, 0) is 4.74 Å². The molecule has 1 aromatic rings. The van der Waals surface area contributed by atoms with Gasteiger partial charge in [0, 0.05) is 18.1 Å². The lowest BCUT2D eigenvalue weighted by Crippen LogP contribution is -2.32. The molecule has 1 unspecified atom stereocenters. The summed E-state index contributed by atoms with van der Waals surface area (Å²) in [5.41, 5.74) is -0.158. The van der Waals surface area contributed by atoms with Crippen LogP contribution in [0.3, 0.4) is 0 Å². The highest BCUT2D eigenvalue weighted by Gasteiger charge is 2.18. The van der Waals surface area contributed by atoms with Crippen molar-refractivity contribution in [2.75, 3.05) is 13.2 Å². The van der Waals surface area contributed by atoms with Gasteiger partial charge in [0.1, 0.15) is 18.2 Å². The predicted molar refractivity (Wildman–Crippen MR) is 60.7 cm³/mol. The Bertz CT molecular complexity index is 380. The topological polar surface area (TPSA) is 58.9 Å². The zero-order chi connectivity index (χ0) is 12.3. The van der Waals surface area contributed by atoms with Crippen molar-refractivity contribution in [3.63, 3.8) is 0 Å². The van der Waals surface area contributed by atoms with Gasteiger partial charge in [-0.1, -0.05) is 6.07 Å². The predicted octanol–water partition coefficient (Wildman–Crippen LogP) is 0.0633. The van der Waals surface area contributed by atoms with Crippen molar-refractivity contribution in [3.8, 4) is 5.75 Å². The van der Waals surface area contributed by atoms with E-state index in [0.717, 1.165) is 25.5 Å². The monoisotopic (exact) mass is 240 g/mol. The third kappa shape index (κ3) is 3.18. The first-order valence-corrected chi connectivity index (χ1v) is 5.57. The molecule has 0 radical (unpaired) electrons. The number of rotatable bonds is 4. The number of benzene rings is 1. The molecule has 1 aliphatic rings. The van der Waals surface area contributed by atoms with Gasteiger partial charge in [-0.25, -0.2) is 4.39 Å². The molecular formula is C11H14BFO4. The summed E-state index contributed by atoms with van der Waals surface area (Å²) in [4.78, 5) is 0. The fourth-order valence-corrected chi connectivity index (χ4v) is 1.77. The first-order chi connectivity index (χ1) is 8.16. The van der Waals surface area contributed by atoms with Crippen molar-refractivity contribution in [3.05, 3.63) is 24.0 Å². The molecule has 2 rings (SSSR count). The van der Waals surface area contributed by atoms with Gasteiger partial charge in [-0.05, 0) is 18.9 Å². The second kappa shape index (κ2) is 5.49. The quantitative estimate of drug-likeness (QED) is 0.731. The van der Waals surface area contributed by atoms with Crippen molar-refractivity contribution >= 4 is 12.6 Å². The lowest BCUT2D eigenvalue weighted by atomic mass is 9.80. The lowest BCUT2D eigenvalue weighted by Gasteiger charge is -2.12. The molecule has 1 saturated heterocycles. The molecule has 0 bridgehead atoms. The standard InChI is InChI=1S/C11H14BFO4/c13-11-6-8(3-4-10(11)12(14)15)17-7-9-2-1-5-16-9/h3-4,6,9,14-15H,1-2,5,7H2. The molecule has 92 valence electrons. The summed E-state index contributed by atoms with van der Waals surface area (Å²) in [7, 11) is -1.80. The van der Waals surface area contributed by atoms with Gasteiger partial charge in [0.05, 0.1) is 6.10 Å². The molecule has 1 fully saturated rings. The molecule has 0 amide bonds. The van der Waals surface area contributed by atoms with Crippen LogP contribution in [0.2, 0.25) is 0 Å². The second-order valence-electron chi connectivity index (χ2n) is 4.00. The summed E-state index contributed by atoms with van der Waals surface area (Å²) in [5, 5.41) is 17.7. The van der Waals surface area contributed by atoms with E-state index in [2.05, 4.69) is 0 Å². The van der Waals surface area contributed by atoms with Gasteiger partial charge in [-0.15, -0.1) is 0 Å². The summed E-state index contributed by atoms with van der Waals surface area (Å²) in [6, 6.07) is 3.95. The van der Waals surface area contributed by atoms with Gasteiger partial charge in [0.25, 0.3) is 0 Å². The maximum atomic E-state index is 13.4.